The van der Waals surface area contributed by atoms with Gasteiger partial charge in [-0.25, -0.2) is 4.98 Å². The van der Waals surface area contributed by atoms with Crippen LogP contribution < -0.4 is 20.3 Å². The molecule has 1 amide bonds. The van der Waals surface area contributed by atoms with E-state index in [1.165, 1.54) is 11.3 Å². The molecule has 2 N–H and O–H groups in total. The highest BCUT2D eigenvalue weighted by Crippen LogP contribution is 2.32. The first-order chi connectivity index (χ1) is 13.4. The Balaban J connectivity index is 1.56. The predicted molar refractivity (Wildman–Crippen MR) is 106 cm³/mol. The van der Waals surface area contributed by atoms with Crippen molar-refractivity contribution in [3.05, 3.63) is 50.4 Å². The van der Waals surface area contributed by atoms with Crippen LogP contribution in [0, 0.1) is 6.92 Å². The molecule has 1 aliphatic heterocycles. The van der Waals surface area contributed by atoms with Gasteiger partial charge in [0.2, 0.25) is 6.79 Å². The zero-order valence-electron chi connectivity index (χ0n) is 15.8. The number of fused-ring (bicyclic) bond motifs is 2. The Kier molecular flexibility index (Phi) is 4.78. The summed E-state index contributed by atoms with van der Waals surface area (Å²) in [5, 5.41) is 3.37. The van der Waals surface area contributed by atoms with E-state index >= 15 is 0 Å². The third-order valence-corrected chi connectivity index (χ3v) is 5.60. The highest BCUT2D eigenvalue weighted by Gasteiger charge is 2.20. The summed E-state index contributed by atoms with van der Waals surface area (Å²) in [7, 11) is 3.80. The Morgan fingerprint density at radius 2 is 2.11 bits per heavy atom. The smallest absolute Gasteiger partial charge is 0.261 e. The molecule has 1 aromatic carbocycles. The van der Waals surface area contributed by atoms with Crippen LogP contribution in [0.2, 0.25) is 0 Å². The van der Waals surface area contributed by atoms with Gasteiger partial charge in [-0.1, -0.05) is 6.07 Å². The normalized spacial score (nSPS) is 12.7. The van der Waals surface area contributed by atoms with Crippen molar-refractivity contribution in [1.82, 2.24) is 20.2 Å². The Labute approximate surface area is 165 Å². The minimum Gasteiger partial charge on any atom is -0.454 e. The summed E-state index contributed by atoms with van der Waals surface area (Å²) >= 11 is 1.24. The molecular formula is C19H20N4O4S. The number of aryl methyl sites for hydroxylation is 1. The van der Waals surface area contributed by atoms with Gasteiger partial charge in [-0.3, -0.25) is 9.59 Å². The van der Waals surface area contributed by atoms with Crippen LogP contribution in [-0.2, 0) is 13.1 Å². The summed E-state index contributed by atoms with van der Waals surface area (Å²) in [4.78, 5) is 35.5. The van der Waals surface area contributed by atoms with Crippen LogP contribution in [0.5, 0.6) is 11.5 Å². The third-order valence-electron chi connectivity index (χ3n) is 4.41. The highest BCUT2D eigenvalue weighted by atomic mass is 32.1. The molecule has 1 aliphatic rings. The van der Waals surface area contributed by atoms with Crippen LogP contribution in [0.1, 0.15) is 26.6 Å². The van der Waals surface area contributed by atoms with Gasteiger partial charge in [0.05, 0.1) is 16.8 Å². The number of benzene rings is 1. The van der Waals surface area contributed by atoms with Crippen LogP contribution in [-0.4, -0.2) is 41.7 Å². The molecule has 146 valence electrons. The molecule has 0 aliphatic carbocycles. The van der Waals surface area contributed by atoms with Crippen molar-refractivity contribution >= 4 is 27.5 Å². The number of amides is 1. The molecule has 0 saturated carbocycles. The van der Waals surface area contributed by atoms with Gasteiger partial charge in [-0.05, 0) is 44.3 Å². The van der Waals surface area contributed by atoms with E-state index in [9.17, 15) is 9.59 Å². The van der Waals surface area contributed by atoms with Gasteiger partial charge in [-0.2, -0.15) is 0 Å². The molecule has 2 aromatic heterocycles. The predicted octanol–water partition coefficient (Wildman–Crippen LogP) is 2.01. The number of hydrogen-bond acceptors (Lipinski definition) is 7. The van der Waals surface area contributed by atoms with E-state index in [1.807, 2.05) is 37.2 Å². The van der Waals surface area contributed by atoms with E-state index in [0.29, 0.717) is 51.1 Å². The quantitative estimate of drug-likeness (QED) is 0.680. The van der Waals surface area contributed by atoms with Crippen LogP contribution in [0.15, 0.2) is 23.0 Å². The minimum atomic E-state index is -0.230. The Morgan fingerprint density at radius 3 is 2.89 bits per heavy atom. The van der Waals surface area contributed by atoms with E-state index in [0.717, 1.165) is 5.56 Å². The molecule has 8 nitrogen and oxygen atoms in total. The van der Waals surface area contributed by atoms with Gasteiger partial charge in [0, 0.05) is 6.54 Å². The molecule has 0 fully saturated rings. The molecule has 4 rings (SSSR count). The number of nitrogens with one attached hydrogen (secondary N) is 2. The van der Waals surface area contributed by atoms with Crippen LogP contribution in [0.3, 0.4) is 0 Å². The number of ether oxygens (including phenoxy) is 2. The number of carbonyl (C=O) groups is 1. The molecule has 28 heavy (non-hydrogen) atoms. The van der Waals surface area contributed by atoms with Crippen molar-refractivity contribution in [1.29, 1.82) is 0 Å². The fourth-order valence-corrected chi connectivity index (χ4v) is 4.21. The maximum atomic E-state index is 12.7. The number of thiophene rings is 1. The summed E-state index contributed by atoms with van der Waals surface area (Å²) in [5.74, 6) is 1.73. The zero-order chi connectivity index (χ0) is 19.8. The van der Waals surface area contributed by atoms with Crippen LogP contribution in [0.4, 0.5) is 0 Å². The maximum absolute atomic E-state index is 12.7. The second kappa shape index (κ2) is 7.25. The van der Waals surface area contributed by atoms with Crippen LogP contribution >= 0.6 is 11.3 Å². The highest BCUT2D eigenvalue weighted by molar-refractivity contribution is 7.20. The fraction of sp³-hybridized carbons (Fsp3) is 0.316. The largest absolute Gasteiger partial charge is 0.454 e. The molecule has 3 aromatic rings. The second-order valence-electron chi connectivity index (χ2n) is 6.86. The van der Waals surface area contributed by atoms with Gasteiger partial charge in [0.25, 0.3) is 11.5 Å². The van der Waals surface area contributed by atoms with Gasteiger partial charge in [0.1, 0.15) is 10.7 Å². The summed E-state index contributed by atoms with van der Waals surface area (Å²) < 4.78 is 10.7. The molecule has 0 spiro atoms. The number of nitrogens with zero attached hydrogens (tertiary/aromatic N) is 2. The van der Waals surface area contributed by atoms with E-state index in [-0.39, 0.29) is 18.3 Å². The molecule has 0 unspecified atom stereocenters. The van der Waals surface area contributed by atoms with E-state index in [1.54, 1.807) is 6.92 Å². The topological polar surface area (TPSA) is 96.6 Å². The number of rotatable bonds is 5. The lowest BCUT2D eigenvalue weighted by Gasteiger charge is -2.07. The van der Waals surface area contributed by atoms with Gasteiger partial charge < -0.3 is 24.7 Å². The molecule has 0 saturated heterocycles. The molecule has 0 radical (unpaired) electrons. The fourth-order valence-electron chi connectivity index (χ4n) is 3.09. The Hall–Kier alpha value is -2.91. The molecule has 0 atom stereocenters. The third kappa shape index (κ3) is 3.46. The number of carbonyl (C=O) groups excluding carboxylic acids is 1. The van der Waals surface area contributed by atoms with Crippen molar-refractivity contribution in [2.24, 2.45) is 0 Å². The lowest BCUT2D eigenvalue weighted by Crippen LogP contribution is -2.22. The molecule has 3 heterocycles. The Bertz CT molecular complexity index is 1120. The maximum Gasteiger partial charge on any atom is 0.261 e. The summed E-state index contributed by atoms with van der Waals surface area (Å²) in [6, 6.07) is 5.55. The number of aromatic nitrogens is 2. The first-order valence-electron chi connectivity index (χ1n) is 8.76. The van der Waals surface area contributed by atoms with Crippen molar-refractivity contribution in [3.63, 3.8) is 0 Å². The summed E-state index contributed by atoms with van der Waals surface area (Å²) in [6.07, 6.45) is 0. The van der Waals surface area contributed by atoms with E-state index in [2.05, 4.69) is 15.3 Å². The molecule has 0 bridgehead atoms. The van der Waals surface area contributed by atoms with Crippen molar-refractivity contribution in [2.75, 3.05) is 20.9 Å². The molecule has 9 heteroatoms. The Morgan fingerprint density at radius 1 is 1.32 bits per heavy atom. The standard InChI is InChI=1S/C19H20N4O4S/c1-10-15-17(24)21-14(8-23(2)3)22-19(15)28-16(10)18(25)20-7-11-4-5-12-13(6-11)27-9-26-12/h4-6H,7-9H2,1-3H3,(H,20,25)(H,21,22,24). The average Bonchev–Trinajstić information content (AvgIpc) is 3.23. The van der Waals surface area contributed by atoms with Crippen molar-refractivity contribution in [3.8, 4) is 11.5 Å². The van der Waals surface area contributed by atoms with Gasteiger partial charge in [-0.15, -0.1) is 11.3 Å². The zero-order valence-corrected chi connectivity index (χ0v) is 16.6. The van der Waals surface area contributed by atoms with E-state index < -0.39 is 0 Å². The minimum absolute atomic E-state index is 0.212. The lowest BCUT2D eigenvalue weighted by molar-refractivity contribution is 0.0954. The lowest BCUT2D eigenvalue weighted by atomic mass is 10.2. The second-order valence-corrected chi connectivity index (χ2v) is 7.86. The van der Waals surface area contributed by atoms with Crippen molar-refractivity contribution < 1.29 is 14.3 Å². The van der Waals surface area contributed by atoms with Crippen LogP contribution in [0.25, 0.3) is 10.2 Å². The van der Waals surface area contributed by atoms with E-state index in [4.69, 9.17) is 9.47 Å². The first-order valence-corrected chi connectivity index (χ1v) is 9.58. The number of H-pyrrole nitrogens is 1. The van der Waals surface area contributed by atoms with Gasteiger partial charge in [0.15, 0.2) is 11.5 Å². The SMILES string of the molecule is Cc1c(C(=O)NCc2ccc3c(c2)OCO3)sc2nc(CN(C)C)[nH]c(=O)c12. The number of hydrogen-bond donors (Lipinski definition) is 2. The summed E-state index contributed by atoms with van der Waals surface area (Å²) in [6.45, 7) is 2.85. The van der Waals surface area contributed by atoms with Gasteiger partial charge >= 0.3 is 0 Å². The van der Waals surface area contributed by atoms with Crippen molar-refractivity contribution in [2.45, 2.75) is 20.0 Å². The number of aromatic amines is 1. The average molecular weight is 400 g/mol. The monoisotopic (exact) mass is 400 g/mol. The first kappa shape index (κ1) is 18.5. The molecular weight excluding hydrogens is 380 g/mol. The summed E-state index contributed by atoms with van der Waals surface area (Å²) in [5.41, 5.74) is 1.33.